The van der Waals surface area contributed by atoms with Gasteiger partial charge in [-0.2, -0.15) is 0 Å². The van der Waals surface area contributed by atoms with Crippen molar-refractivity contribution in [1.82, 2.24) is 9.55 Å². The predicted octanol–water partition coefficient (Wildman–Crippen LogP) is 4.91. The molecule has 1 unspecified atom stereocenters. The van der Waals surface area contributed by atoms with Crippen LogP contribution in [-0.2, 0) is 6.54 Å². The van der Waals surface area contributed by atoms with Gasteiger partial charge in [0.05, 0.1) is 0 Å². The lowest BCUT2D eigenvalue weighted by Crippen LogP contribution is -2.09. The van der Waals surface area contributed by atoms with Gasteiger partial charge in [-0.05, 0) is 12.0 Å². The first-order chi connectivity index (χ1) is 10.9. The van der Waals surface area contributed by atoms with Crippen LogP contribution in [0.5, 0.6) is 0 Å². The lowest BCUT2D eigenvalue weighted by Gasteiger charge is -2.18. The Kier molecular flexibility index (Phi) is 4.50. The Hall–Kier alpha value is -2.61. The molecule has 2 nitrogen and oxygen atoms in total. The van der Waals surface area contributed by atoms with E-state index in [1.807, 2.05) is 30.5 Å². The highest BCUT2D eigenvalue weighted by molar-refractivity contribution is 5.55. The molecule has 0 N–H and O–H groups in total. The monoisotopic (exact) mass is 288 g/mol. The summed E-state index contributed by atoms with van der Waals surface area (Å²) in [6.45, 7) is 4.81. The first-order valence-corrected chi connectivity index (χ1v) is 7.61. The van der Waals surface area contributed by atoms with Crippen molar-refractivity contribution in [2.24, 2.45) is 0 Å². The number of benzene rings is 2. The van der Waals surface area contributed by atoms with Crippen molar-refractivity contribution in [1.29, 1.82) is 0 Å². The zero-order valence-electron chi connectivity index (χ0n) is 12.6. The molecule has 0 bridgehead atoms. The number of hydrogen-bond acceptors (Lipinski definition) is 1. The van der Waals surface area contributed by atoms with Crippen LogP contribution in [0.1, 0.15) is 17.9 Å². The van der Waals surface area contributed by atoms with E-state index in [0.29, 0.717) is 5.92 Å². The predicted molar refractivity (Wildman–Crippen MR) is 91.7 cm³/mol. The maximum atomic E-state index is 4.53. The SMILES string of the molecule is C=CCC(Cn1ccnc1-c1ccccc1)c1ccccc1. The van der Waals surface area contributed by atoms with Gasteiger partial charge in [0.1, 0.15) is 5.82 Å². The molecule has 1 heterocycles. The molecule has 0 saturated carbocycles. The summed E-state index contributed by atoms with van der Waals surface area (Å²) in [5.41, 5.74) is 2.49. The van der Waals surface area contributed by atoms with Crippen molar-refractivity contribution in [2.75, 3.05) is 0 Å². The van der Waals surface area contributed by atoms with Crippen LogP contribution in [0.3, 0.4) is 0 Å². The molecular weight excluding hydrogens is 268 g/mol. The molecule has 0 aliphatic heterocycles. The first-order valence-electron chi connectivity index (χ1n) is 7.61. The molecule has 0 radical (unpaired) electrons. The number of imidazole rings is 1. The van der Waals surface area contributed by atoms with Gasteiger partial charge < -0.3 is 4.57 Å². The number of rotatable bonds is 6. The molecule has 0 aliphatic rings. The average molecular weight is 288 g/mol. The standard InChI is InChI=1S/C20H20N2/c1-2-9-19(17-10-5-3-6-11-17)16-22-15-14-21-20(22)18-12-7-4-8-13-18/h2-8,10-15,19H,1,9,16H2. The summed E-state index contributed by atoms with van der Waals surface area (Å²) in [5.74, 6) is 1.43. The minimum atomic E-state index is 0.412. The van der Waals surface area contributed by atoms with Crippen molar-refractivity contribution in [3.05, 3.63) is 91.3 Å². The Morgan fingerprint density at radius 2 is 1.68 bits per heavy atom. The Balaban J connectivity index is 1.88. The summed E-state index contributed by atoms with van der Waals surface area (Å²) in [5, 5.41) is 0. The normalized spacial score (nSPS) is 12.0. The fraction of sp³-hybridized carbons (Fsp3) is 0.150. The fourth-order valence-electron chi connectivity index (χ4n) is 2.78. The van der Waals surface area contributed by atoms with E-state index in [4.69, 9.17) is 0 Å². The molecule has 0 saturated heterocycles. The van der Waals surface area contributed by atoms with Gasteiger partial charge in [-0.1, -0.05) is 66.7 Å². The average Bonchev–Trinajstić information content (AvgIpc) is 3.04. The highest BCUT2D eigenvalue weighted by Gasteiger charge is 2.13. The molecule has 0 fully saturated rings. The summed E-state index contributed by atoms with van der Waals surface area (Å²) in [7, 11) is 0. The summed E-state index contributed by atoms with van der Waals surface area (Å²) < 4.78 is 2.23. The number of nitrogens with zero attached hydrogens (tertiary/aromatic N) is 2. The third kappa shape index (κ3) is 3.17. The summed E-state index contributed by atoms with van der Waals surface area (Å²) in [6.07, 6.45) is 6.88. The Labute approximate surface area is 131 Å². The Morgan fingerprint density at radius 1 is 1.00 bits per heavy atom. The molecule has 22 heavy (non-hydrogen) atoms. The van der Waals surface area contributed by atoms with E-state index in [9.17, 15) is 0 Å². The van der Waals surface area contributed by atoms with E-state index in [1.54, 1.807) is 0 Å². The van der Waals surface area contributed by atoms with Gasteiger partial charge in [0.2, 0.25) is 0 Å². The maximum absolute atomic E-state index is 4.53. The molecule has 1 aromatic heterocycles. The molecule has 110 valence electrons. The molecule has 0 amide bonds. The van der Waals surface area contributed by atoms with Gasteiger partial charge >= 0.3 is 0 Å². The van der Waals surface area contributed by atoms with E-state index in [2.05, 4.69) is 64.8 Å². The molecule has 3 aromatic rings. The third-order valence-electron chi connectivity index (χ3n) is 3.89. The summed E-state index contributed by atoms with van der Waals surface area (Å²) in [4.78, 5) is 4.53. The number of allylic oxidation sites excluding steroid dienone is 1. The van der Waals surface area contributed by atoms with Crippen LogP contribution in [0.25, 0.3) is 11.4 Å². The van der Waals surface area contributed by atoms with Crippen molar-refractivity contribution in [3.8, 4) is 11.4 Å². The van der Waals surface area contributed by atoms with E-state index in [1.165, 1.54) is 5.56 Å². The zero-order chi connectivity index (χ0) is 15.2. The fourth-order valence-corrected chi connectivity index (χ4v) is 2.78. The molecule has 2 aromatic carbocycles. The van der Waals surface area contributed by atoms with Gasteiger partial charge in [-0.25, -0.2) is 4.98 Å². The minimum absolute atomic E-state index is 0.412. The Morgan fingerprint density at radius 3 is 2.36 bits per heavy atom. The molecule has 2 heteroatoms. The van der Waals surface area contributed by atoms with Crippen molar-refractivity contribution < 1.29 is 0 Å². The number of hydrogen-bond donors (Lipinski definition) is 0. The molecule has 3 rings (SSSR count). The third-order valence-corrected chi connectivity index (χ3v) is 3.89. The molecule has 1 atom stereocenters. The largest absolute Gasteiger partial charge is 0.330 e. The van der Waals surface area contributed by atoms with Crippen molar-refractivity contribution in [3.63, 3.8) is 0 Å². The first kappa shape index (κ1) is 14.3. The van der Waals surface area contributed by atoms with Crippen LogP contribution >= 0.6 is 0 Å². The summed E-state index contributed by atoms with van der Waals surface area (Å²) in [6, 6.07) is 20.9. The lowest BCUT2D eigenvalue weighted by molar-refractivity contribution is 0.568. The number of aromatic nitrogens is 2. The van der Waals surface area contributed by atoms with Crippen molar-refractivity contribution >= 4 is 0 Å². The van der Waals surface area contributed by atoms with Crippen LogP contribution in [0.15, 0.2) is 85.7 Å². The van der Waals surface area contributed by atoms with E-state index < -0.39 is 0 Å². The van der Waals surface area contributed by atoms with Gasteiger partial charge in [-0.15, -0.1) is 6.58 Å². The molecular formula is C20H20N2. The summed E-state index contributed by atoms with van der Waals surface area (Å²) >= 11 is 0. The van der Waals surface area contributed by atoms with Gasteiger partial charge in [0.25, 0.3) is 0 Å². The van der Waals surface area contributed by atoms with E-state index in [-0.39, 0.29) is 0 Å². The minimum Gasteiger partial charge on any atom is -0.330 e. The zero-order valence-corrected chi connectivity index (χ0v) is 12.6. The molecule has 0 spiro atoms. The quantitative estimate of drug-likeness (QED) is 0.589. The van der Waals surface area contributed by atoms with E-state index >= 15 is 0 Å². The second-order valence-electron chi connectivity index (χ2n) is 5.40. The topological polar surface area (TPSA) is 17.8 Å². The van der Waals surface area contributed by atoms with Crippen LogP contribution in [0, 0.1) is 0 Å². The van der Waals surface area contributed by atoms with Crippen molar-refractivity contribution in [2.45, 2.75) is 18.9 Å². The van der Waals surface area contributed by atoms with Crippen LogP contribution in [-0.4, -0.2) is 9.55 Å². The lowest BCUT2D eigenvalue weighted by atomic mass is 9.95. The van der Waals surface area contributed by atoms with Gasteiger partial charge in [0.15, 0.2) is 0 Å². The smallest absolute Gasteiger partial charge is 0.139 e. The Bertz CT molecular complexity index is 714. The van der Waals surface area contributed by atoms with Gasteiger partial charge in [0, 0.05) is 30.4 Å². The van der Waals surface area contributed by atoms with Crippen LogP contribution in [0.4, 0.5) is 0 Å². The van der Waals surface area contributed by atoms with E-state index in [0.717, 1.165) is 24.4 Å². The molecule has 0 aliphatic carbocycles. The van der Waals surface area contributed by atoms with Crippen LogP contribution < -0.4 is 0 Å². The second-order valence-corrected chi connectivity index (χ2v) is 5.40. The van der Waals surface area contributed by atoms with Gasteiger partial charge in [-0.3, -0.25) is 0 Å². The maximum Gasteiger partial charge on any atom is 0.139 e. The second kappa shape index (κ2) is 6.90. The highest BCUT2D eigenvalue weighted by Crippen LogP contribution is 2.25. The highest BCUT2D eigenvalue weighted by atomic mass is 15.1. The van der Waals surface area contributed by atoms with Crippen LogP contribution in [0.2, 0.25) is 0 Å².